The second-order valence-electron chi connectivity index (χ2n) is 5.08. The molecule has 1 aliphatic heterocycles. The van der Waals surface area contributed by atoms with Gasteiger partial charge in [0, 0.05) is 25.1 Å². The van der Waals surface area contributed by atoms with Gasteiger partial charge in [0.1, 0.15) is 6.04 Å². The van der Waals surface area contributed by atoms with Gasteiger partial charge in [0.15, 0.2) is 0 Å². The molecule has 0 saturated carbocycles. The fourth-order valence-corrected chi connectivity index (χ4v) is 4.67. The van der Waals surface area contributed by atoms with E-state index in [9.17, 15) is 13.2 Å². The van der Waals surface area contributed by atoms with E-state index in [-0.39, 0.29) is 10.8 Å². The first kappa shape index (κ1) is 16.7. The maximum absolute atomic E-state index is 12.7. The Hall–Kier alpha value is -0.630. The van der Waals surface area contributed by atoms with Gasteiger partial charge in [-0.15, -0.1) is 0 Å². The van der Waals surface area contributed by atoms with E-state index in [2.05, 4.69) is 15.9 Å². The molecule has 0 bridgehead atoms. The Labute approximate surface area is 138 Å². The van der Waals surface area contributed by atoms with Gasteiger partial charge in [-0.05, 0) is 47.0 Å². The number of rotatable bonds is 3. The topological polar surface area (TPSA) is 57.7 Å². The van der Waals surface area contributed by atoms with Gasteiger partial charge >= 0.3 is 0 Å². The number of carbonyl (C=O) groups excluding carboxylic acids is 1. The molecule has 8 heteroatoms. The van der Waals surface area contributed by atoms with Crippen molar-refractivity contribution >= 4 is 43.5 Å². The molecule has 116 valence electrons. The van der Waals surface area contributed by atoms with Crippen molar-refractivity contribution in [3.05, 3.63) is 27.7 Å². The molecule has 1 fully saturated rings. The summed E-state index contributed by atoms with van der Waals surface area (Å²) in [6, 6.07) is 3.82. The molecule has 1 aliphatic rings. The first-order valence-electron chi connectivity index (χ1n) is 6.43. The van der Waals surface area contributed by atoms with Gasteiger partial charge in [0.25, 0.3) is 0 Å². The number of hydrogen-bond donors (Lipinski definition) is 0. The Kier molecular flexibility index (Phi) is 4.97. The van der Waals surface area contributed by atoms with Gasteiger partial charge in [-0.1, -0.05) is 11.6 Å². The lowest BCUT2D eigenvalue weighted by Crippen LogP contribution is -2.45. The van der Waals surface area contributed by atoms with Crippen molar-refractivity contribution in [2.24, 2.45) is 0 Å². The van der Waals surface area contributed by atoms with Crippen LogP contribution in [0.3, 0.4) is 0 Å². The van der Waals surface area contributed by atoms with Crippen LogP contribution in [0.1, 0.15) is 12.8 Å². The highest BCUT2D eigenvalue weighted by molar-refractivity contribution is 9.10. The van der Waals surface area contributed by atoms with E-state index in [4.69, 9.17) is 11.6 Å². The fourth-order valence-electron chi connectivity index (χ4n) is 2.35. The standard InChI is InChI=1S/C13H16BrClN2O3S/c1-16(2)13(18)12-4-3-7-17(12)21(19,20)9-5-6-11(15)10(14)8-9/h5-6,8,12H,3-4,7H2,1-2H3. The number of nitrogens with zero attached hydrogens (tertiary/aromatic N) is 2. The number of hydrogen-bond acceptors (Lipinski definition) is 3. The number of halogens is 2. The summed E-state index contributed by atoms with van der Waals surface area (Å²) in [5.74, 6) is -0.191. The van der Waals surface area contributed by atoms with Crippen LogP contribution < -0.4 is 0 Å². The average molecular weight is 396 g/mol. The van der Waals surface area contributed by atoms with Crippen molar-refractivity contribution < 1.29 is 13.2 Å². The van der Waals surface area contributed by atoms with E-state index < -0.39 is 16.1 Å². The van der Waals surface area contributed by atoms with Gasteiger partial charge < -0.3 is 4.90 Å². The van der Waals surface area contributed by atoms with Crippen LogP contribution in [0.25, 0.3) is 0 Å². The van der Waals surface area contributed by atoms with Crippen LogP contribution in [-0.4, -0.2) is 50.2 Å². The second-order valence-corrected chi connectivity index (χ2v) is 8.23. The third-order valence-corrected chi connectivity index (χ3v) is 6.55. The minimum atomic E-state index is -3.71. The molecule has 0 aliphatic carbocycles. The molecular formula is C13H16BrClN2O3S. The van der Waals surface area contributed by atoms with E-state index in [1.807, 2.05) is 0 Å². The number of likely N-dealkylation sites (N-methyl/N-ethyl adjacent to an activating group) is 1. The monoisotopic (exact) mass is 394 g/mol. The number of benzene rings is 1. The van der Waals surface area contributed by atoms with E-state index in [1.54, 1.807) is 14.1 Å². The summed E-state index contributed by atoms with van der Waals surface area (Å²) in [6.07, 6.45) is 1.23. The lowest BCUT2D eigenvalue weighted by atomic mass is 10.2. The van der Waals surface area contributed by atoms with Crippen LogP contribution in [0.2, 0.25) is 5.02 Å². The molecule has 21 heavy (non-hydrogen) atoms. The summed E-state index contributed by atoms with van der Waals surface area (Å²) in [4.78, 5) is 13.7. The number of carbonyl (C=O) groups is 1. The molecule has 1 saturated heterocycles. The van der Waals surface area contributed by atoms with Crippen LogP contribution in [0.4, 0.5) is 0 Å². The molecule has 1 heterocycles. The summed E-state index contributed by atoms with van der Waals surface area (Å²) in [6.45, 7) is 0.354. The molecular weight excluding hydrogens is 380 g/mol. The summed E-state index contributed by atoms with van der Waals surface area (Å²) in [5, 5.41) is 0.441. The zero-order valence-corrected chi connectivity index (χ0v) is 14.9. The van der Waals surface area contributed by atoms with Crippen molar-refractivity contribution in [1.29, 1.82) is 0 Å². The van der Waals surface area contributed by atoms with Crippen LogP contribution in [-0.2, 0) is 14.8 Å². The lowest BCUT2D eigenvalue weighted by Gasteiger charge is -2.25. The van der Waals surface area contributed by atoms with Crippen molar-refractivity contribution in [3.8, 4) is 0 Å². The normalized spacial score (nSPS) is 19.7. The molecule has 5 nitrogen and oxygen atoms in total. The van der Waals surface area contributed by atoms with E-state index >= 15 is 0 Å². The smallest absolute Gasteiger partial charge is 0.243 e. The summed E-state index contributed by atoms with van der Waals surface area (Å²) in [7, 11) is -0.450. The molecule has 1 atom stereocenters. The maximum Gasteiger partial charge on any atom is 0.243 e. The van der Waals surface area contributed by atoms with E-state index in [0.29, 0.717) is 28.9 Å². The molecule has 1 aromatic rings. The molecule has 2 rings (SSSR count). The fraction of sp³-hybridized carbons (Fsp3) is 0.462. The predicted octanol–water partition coefficient (Wildman–Crippen LogP) is 2.34. The van der Waals surface area contributed by atoms with Gasteiger partial charge in [0.05, 0.1) is 9.92 Å². The van der Waals surface area contributed by atoms with E-state index in [1.165, 1.54) is 27.4 Å². The van der Waals surface area contributed by atoms with Crippen LogP contribution in [0.5, 0.6) is 0 Å². The Bertz CT molecular complexity index is 663. The third-order valence-electron chi connectivity index (χ3n) is 3.43. The largest absolute Gasteiger partial charge is 0.347 e. The summed E-state index contributed by atoms with van der Waals surface area (Å²) in [5.41, 5.74) is 0. The Morgan fingerprint density at radius 3 is 2.67 bits per heavy atom. The van der Waals surface area contributed by atoms with Gasteiger partial charge in [-0.2, -0.15) is 4.31 Å². The molecule has 1 amide bonds. The van der Waals surface area contributed by atoms with Crippen LogP contribution >= 0.6 is 27.5 Å². The Morgan fingerprint density at radius 1 is 1.43 bits per heavy atom. The quantitative estimate of drug-likeness (QED) is 0.789. The summed E-state index contributed by atoms with van der Waals surface area (Å²) < 4.78 is 27.2. The zero-order valence-electron chi connectivity index (χ0n) is 11.7. The van der Waals surface area contributed by atoms with Crippen molar-refractivity contribution in [2.75, 3.05) is 20.6 Å². The first-order chi connectivity index (χ1) is 9.75. The maximum atomic E-state index is 12.7. The first-order valence-corrected chi connectivity index (χ1v) is 9.04. The highest BCUT2D eigenvalue weighted by Gasteiger charge is 2.40. The highest BCUT2D eigenvalue weighted by atomic mass is 79.9. The molecule has 1 aromatic carbocycles. The molecule has 0 spiro atoms. The summed E-state index contributed by atoms with van der Waals surface area (Å²) >= 11 is 9.12. The minimum Gasteiger partial charge on any atom is -0.347 e. The lowest BCUT2D eigenvalue weighted by molar-refractivity contribution is -0.132. The average Bonchev–Trinajstić information content (AvgIpc) is 2.90. The predicted molar refractivity (Wildman–Crippen MR) is 84.8 cm³/mol. The SMILES string of the molecule is CN(C)C(=O)C1CCCN1S(=O)(=O)c1ccc(Cl)c(Br)c1. The number of amides is 1. The van der Waals surface area contributed by atoms with Crippen LogP contribution in [0.15, 0.2) is 27.6 Å². The van der Waals surface area contributed by atoms with Gasteiger partial charge in [0.2, 0.25) is 15.9 Å². The van der Waals surface area contributed by atoms with E-state index in [0.717, 1.165) is 0 Å². The minimum absolute atomic E-state index is 0.136. The molecule has 1 unspecified atom stereocenters. The zero-order chi connectivity index (χ0) is 15.8. The van der Waals surface area contributed by atoms with Gasteiger partial charge in [-0.25, -0.2) is 8.42 Å². The third kappa shape index (κ3) is 3.26. The van der Waals surface area contributed by atoms with Crippen molar-refractivity contribution in [2.45, 2.75) is 23.8 Å². The second kappa shape index (κ2) is 6.24. The molecule has 0 N–H and O–H groups in total. The Morgan fingerprint density at radius 2 is 2.10 bits per heavy atom. The van der Waals surface area contributed by atoms with Crippen molar-refractivity contribution in [3.63, 3.8) is 0 Å². The van der Waals surface area contributed by atoms with Crippen LogP contribution in [0, 0.1) is 0 Å². The van der Waals surface area contributed by atoms with Crippen molar-refractivity contribution in [1.82, 2.24) is 9.21 Å². The highest BCUT2D eigenvalue weighted by Crippen LogP contribution is 2.30. The number of sulfonamides is 1. The molecule has 0 aromatic heterocycles. The molecule has 0 radical (unpaired) electrons. The Balaban J connectivity index is 2.38. The van der Waals surface area contributed by atoms with Gasteiger partial charge in [-0.3, -0.25) is 4.79 Å².